The lowest BCUT2D eigenvalue weighted by molar-refractivity contribution is 0.0943. The highest BCUT2D eigenvalue weighted by atomic mass is 32.3. The van der Waals surface area contributed by atoms with E-state index in [1.165, 1.54) is 31.3 Å². The molecule has 2 saturated heterocycles. The van der Waals surface area contributed by atoms with E-state index >= 15 is 0 Å². The van der Waals surface area contributed by atoms with E-state index in [-0.39, 0.29) is 45.4 Å². The van der Waals surface area contributed by atoms with Gasteiger partial charge in [0.15, 0.2) is 0 Å². The summed E-state index contributed by atoms with van der Waals surface area (Å²) in [7, 11) is -4.08. The first-order valence-electron chi connectivity index (χ1n) is 21.3. The average molecular weight is 989 g/mol. The van der Waals surface area contributed by atoms with Crippen LogP contribution in [0.2, 0.25) is 0 Å². The standard InChI is InChI=1S/C23H27N5O4S2.C22H25N5O4S2/c1-32-18-5-2-4-16(14-18)23(29)26-15-19-7-8-21(33-19)34(30,31)28-12-9-17(10-13-28)27-22-20(24)6-3-11-25-22;1-31-18-5-2-4-16(14-18)21(28)25-15-19-6-7-20(32-19)33(29,30)27-12-8-17(9-13-27)26-22-23-10-3-11-24-22/h2-8,11,14,17H,9-10,12-13,15,24H2,1H3,(H,25,27)(H,26,29);2-7,10-11,14,17H,8-9,12-13,15H2,1H3,(H,25,28)(H,23,24,26). The van der Waals surface area contributed by atoms with E-state index in [9.17, 15) is 26.4 Å². The van der Waals surface area contributed by atoms with Crippen molar-refractivity contribution < 1.29 is 35.9 Å². The summed E-state index contributed by atoms with van der Waals surface area (Å²) in [6.07, 6.45) is 7.67. The van der Waals surface area contributed by atoms with Crippen LogP contribution in [0.4, 0.5) is 17.5 Å². The molecule has 0 atom stereocenters. The fraction of sp³-hybridized carbons (Fsp3) is 0.311. The summed E-state index contributed by atoms with van der Waals surface area (Å²) < 4.78 is 66.3. The van der Waals surface area contributed by atoms with Gasteiger partial charge in [0.05, 0.1) is 33.0 Å². The maximum Gasteiger partial charge on any atom is 0.252 e. The van der Waals surface area contributed by atoms with Crippen LogP contribution in [0.15, 0.2) is 118 Å². The summed E-state index contributed by atoms with van der Waals surface area (Å²) in [5.74, 6) is 1.88. The number of pyridine rings is 1. The van der Waals surface area contributed by atoms with Gasteiger partial charge in [0, 0.05) is 77.7 Å². The average Bonchev–Trinajstić information content (AvgIpc) is 4.06. The third-order valence-electron chi connectivity index (χ3n) is 11.0. The number of nitrogens with one attached hydrogen (secondary N) is 4. The Labute approximate surface area is 398 Å². The van der Waals surface area contributed by atoms with Crippen molar-refractivity contribution in [3.63, 3.8) is 0 Å². The molecule has 0 aliphatic carbocycles. The fourth-order valence-electron chi connectivity index (χ4n) is 7.27. The van der Waals surface area contributed by atoms with E-state index in [0.717, 1.165) is 9.75 Å². The van der Waals surface area contributed by atoms with Crippen molar-refractivity contribution in [1.29, 1.82) is 0 Å². The Morgan fingerprint density at radius 3 is 1.55 bits per heavy atom. The van der Waals surface area contributed by atoms with Crippen LogP contribution in [-0.4, -0.2) is 105 Å². The van der Waals surface area contributed by atoms with Crippen LogP contribution < -0.4 is 36.5 Å². The van der Waals surface area contributed by atoms with Crippen LogP contribution >= 0.6 is 22.7 Å². The number of rotatable bonds is 16. The first-order chi connectivity index (χ1) is 32.3. The summed E-state index contributed by atoms with van der Waals surface area (Å²) in [6.45, 7) is 2.16. The van der Waals surface area contributed by atoms with Gasteiger partial charge in [-0.3, -0.25) is 9.59 Å². The third-order valence-corrected chi connectivity index (χ3v) is 17.9. The van der Waals surface area contributed by atoms with Crippen molar-refractivity contribution in [2.75, 3.05) is 56.8 Å². The van der Waals surface area contributed by atoms with E-state index in [0.29, 0.717) is 91.9 Å². The van der Waals surface area contributed by atoms with Crippen LogP contribution in [0.25, 0.3) is 0 Å². The van der Waals surface area contributed by atoms with Gasteiger partial charge in [-0.25, -0.2) is 31.8 Å². The summed E-state index contributed by atoms with van der Waals surface area (Å²) >= 11 is 2.35. The molecule has 0 spiro atoms. The number of carbonyl (C=O) groups is 2. The van der Waals surface area contributed by atoms with E-state index < -0.39 is 20.0 Å². The van der Waals surface area contributed by atoms with Gasteiger partial charge in [-0.1, -0.05) is 12.1 Å². The van der Waals surface area contributed by atoms with E-state index in [4.69, 9.17) is 15.2 Å². The van der Waals surface area contributed by atoms with Gasteiger partial charge in [0.1, 0.15) is 25.7 Å². The molecule has 2 aliphatic heterocycles. The zero-order chi connectivity index (χ0) is 47.4. The number of thiophene rings is 2. The second-order valence-electron chi connectivity index (χ2n) is 15.4. The lowest BCUT2D eigenvalue weighted by atomic mass is 10.1. The van der Waals surface area contributed by atoms with Crippen molar-refractivity contribution >= 4 is 72.0 Å². The molecule has 2 amide bonds. The Morgan fingerprint density at radius 2 is 1.09 bits per heavy atom. The minimum Gasteiger partial charge on any atom is -0.497 e. The smallest absolute Gasteiger partial charge is 0.252 e. The number of nitrogen functional groups attached to an aromatic ring is 1. The number of nitrogens with zero attached hydrogens (tertiary/aromatic N) is 5. The van der Waals surface area contributed by atoms with Gasteiger partial charge in [-0.15, -0.1) is 22.7 Å². The minimum atomic E-state index is -3.59. The van der Waals surface area contributed by atoms with Gasteiger partial charge in [-0.2, -0.15) is 8.61 Å². The molecule has 0 radical (unpaired) electrons. The molecule has 2 fully saturated rings. The van der Waals surface area contributed by atoms with Crippen molar-refractivity contribution in [2.45, 2.75) is 59.3 Å². The molecular weight excluding hydrogens is 937 g/mol. The molecule has 18 nitrogen and oxygen atoms in total. The predicted molar refractivity (Wildman–Crippen MR) is 258 cm³/mol. The molecule has 0 bridgehead atoms. The third kappa shape index (κ3) is 12.8. The number of benzene rings is 2. The lowest BCUT2D eigenvalue weighted by Crippen LogP contribution is -2.42. The van der Waals surface area contributed by atoms with Gasteiger partial charge in [0.25, 0.3) is 31.9 Å². The number of amides is 2. The molecule has 8 rings (SSSR count). The number of hydrogen-bond acceptors (Lipinski definition) is 16. The number of anilines is 3. The molecule has 0 unspecified atom stereocenters. The van der Waals surface area contributed by atoms with Crippen molar-refractivity contribution in [2.24, 2.45) is 0 Å². The molecule has 67 heavy (non-hydrogen) atoms. The Bertz CT molecular complexity index is 2830. The Morgan fingerprint density at radius 1 is 0.627 bits per heavy atom. The van der Waals surface area contributed by atoms with E-state index in [2.05, 4.69) is 36.2 Å². The molecule has 354 valence electrons. The SMILES string of the molecule is COc1cccc(C(=O)NCc2ccc(S(=O)(=O)N3CCC(Nc4ncccc4N)CC3)s2)c1.COc1cccc(C(=O)NCc2ccc(S(=O)(=O)N3CCC(Nc4ncccn4)CC3)s2)c1. The number of sulfonamides is 2. The second kappa shape index (κ2) is 22.5. The van der Waals surface area contributed by atoms with Gasteiger partial charge in [0.2, 0.25) is 5.95 Å². The van der Waals surface area contributed by atoms with Crippen LogP contribution in [-0.2, 0) is 33.1 Å². The zero-order valence-electron chi connectivity index (χ0n) is 36.8. The van der Waals surface area contributed by atoms with Gasteiger partial charge < -0.3 is 36.5 Å². The van der Waals surface area contributed by atoms with Crippen LogP contribution in [0.1, 0.15) is 56.2 Å². The van der Waals surface area contributed by atoms with Crippen molar-refractivity contribution in [3.8, 4) is 11.5 Å². The maximum atomic E-state index is 13.1. The molecular formula is C45H52N10O8S4. The lowest BCUT2D eigenvalue weighted by Gasteiger charge is -2.31. The van der Waals surface area contributed by atoms with E-state index in [1.54, 1.807) is 124 Å². The molecule has 6 heterocycles. The van der Waals surface area contributed by atoms with Crippen LogP contribution in [0, 0.1) is 0 Å². The number of methoxy groups -OCH3 is 2. The second-order valence-corrected chi connectivity index (χ2v) is 22.1. The quantitative estimate of drug-likeness (QED) is 0.0786. The highest BCUT2D eigenvalue weighted by molar-refractivity contribution is 7.91. The summed E-state index contributed by atoms with van der Waals surface area (Å²) in [5, 5.41) is 12.2. The number of aromatic nitrogens is 3. The van der Waals surface area contributed by atoms with Crippen molar-refractivity contribution in [3.05, 3.63) is 130 Å². The predicted octanol–water partition coefficient (Wildman–Crippen LogP) is 5.67. The topological polar surface area (TPSA) is 240 Å². The highest BCUT2D eigenvalue weighted by Gasteiger charge is 2.32. The number of carbonyl (C=O) groups excluding carboxylic acids is 2. The normalized spacial score (nSPS) is 15.1. The summed E-state index contributed by atoms with van der Waals surface area (Å²) in [6, 6.07) is 25.9. The van der Waals surface area contributed by atoms with Gasteiger partial charge in [-0.05, 0) is 105 Å². The number of ether oxygens (including phenoxy) is 2. The maximum absolute atomic E-state index is 13.1. The summed E-state index contributed by atoms with van der Waals surface area (Å²) in [4.78, 5) is 38.9. The first-order valence-corrected chi connectivity index (χ1v) is 25.9. The molecule has 2 aromatic carbocycles. The number of hydrogen-bond donors (Lipinski definition) is 5. The molecule has 22 heteroatoms. The van der Waals surface area contributed by atoms with Crippen molar-refractivity contribution in [1.82, 2.24) is 34.2 Å². The number of nitrogens with two attached hydrogens (primary N) is 1. The minimum absolute atomic E-state index is 0.106. The molecule has 0 saturated carbocycles. The molecule has 6 aromatic rings. The monoisotopic (exact) mass is 988 g/mol. The molecule has 6 N–H and O–H groups in total. The van der Waals surface area contributed by atoms with Crippen LogP contribution in [0.3, 0.4) is 0 Å². The fourth-order valence-corrected chi connectivity index (χ4v) is 13.1. The van der Waals surface area contributed by atoms with E-state index in [1.807, 2.05) is 0 Å². The largest absolute Gasteiger partial charge is 0.497 e. The molecule has 2 aliphatic rings. The number of piperidine rings is 2. The first kappa shape index (κ1) is 48.8. The Kier molecular flexibility index (Phi) is 16.4. The Balaban J connectivity index is 0.000000199. The zero-order valence-corrected chi connectivity index (χ0v) is 40.1. The van der Waals surface area contributed by atoms with Gasteiger partial charge >= 0.3 is 0 Å². The Hall–Kier alpha value is -6.17. The molecule has 4 aromatic heterocycles. The summed E-state index contributed by atoms with van der Waals surface area (Å²) in [5.41, 5.74) is 7.47. The van der Waals surface area contributed by atoms with Crippen LogP contribution in [0.5, 0.6) is 11.5 Å². The highest BCUT2D eigenvalue weighted by Crippen LogP contribution is 2.30.